The Morgan fingerprint density at radius 1 is 1.11 bits per heavy atom. The quantitative estimate of drug-likeness (QED) is 0.708. The second-order valence-electron chi connectivity index (χ2n) is 7.06. The van der Waals surface area contributed by atoms with Gasteiger partial charge in [0, 0.05) is 38.0 Å². The Balaban J connectivity index is 1.72. The minimum atomic E-state index is -4.43. The van der Waals surface area contributed by atoms with E-state index in [0.29, 0.717) is 31.9 Å². The van der Waals surface area contributed by atoms with Crippen LogP contribution in [0.4, 0.5) is 13.2 Å². The molecule has 0 radical (unpaired) electrons. The Morgan fingerprint density at radius 3 is 2.43 bits per heavy atom. The average Bonchev–Trinajstić information content (AvgIpc) is 2.88. The van der Waals surface area contributed by atoms with Crippen LogP contribution >= 0.6 is 11.8 Å². The van der Waals surface area contributed by atoms with Gasteiger partial charge >= 0.3 is 6.18 Å². The van der Waals surface area contributed by atoms with Crippen molar-refractivity contribution in [2.45, 2.75) is 24.4 Å². The lowest BCUT2D eigenvalue weighted by molar-refractivity contribution is -0.137. The summed E-state index contributed by atoms with van der Waals surface area (Å²) in [5.74, 6) is 1.35. The van der Waals surface area contributed by atoms with Crippen molar-refractivity contribution in [3.63, 3.8) is 0 Å². The predicted octanol–water partition coefficient (Wildman–Crippen LogP) is 2.67. The van der Waals surface area contributed by atoms with Gasteiger partial charge in [-0.05, 0) is 29.9 Å². The van der Waals surface area contributed by atoms with Gasteiger partial charge in [0.2, 0.25) is 10.0 Å². The number of hydrogen-bond donors (Lipinski definition) is 0. The summed E-state index contributed by atoms with van der Waals surface area (Å²) in [5, 5.41) is 0. The van der Waals surface area contributed by atoms with Crippen molar-refractivity contribution in [1.82, 2.24) is 9.21 Å². The summed E-state index contributed by atoms with van der Waals surface area (Å²) in [6.07, 6.45) is -3.65. The van der Waals surface area contributed by atoms with Gasteiger partial charge in [-0.2, -0.15) is 29.2 Å². The maximum atomic E-state index is 13.1. The minimum Gasteiger partial charge on any atom is -0.379 e. The Morgan fingerprint density at radius 2 is 1.79 bits per heavy atom. The molecule has 2 fully saturated rings. The monoisotopic (exact) mass is 438 g/mol. The number of ether oxygens (including phenoxy) is 1. The van der Waals surface area contributed by atoms with Gasteiger partial charge in [0.05, 0.1) is 24.5 Å². The molecular formula is C18H25F3N2O3S2. The maximum absolute atomic E-state index is 13.1. The molecule has 158 valence electrons. The molecule has 0 bridgehead atoms. The molecule has 0 spiro atoms. The zero-order valence-electron chi connectivity index (χ0n) is 15.5. The van der Waals surface area contributed by atoms with Crippen LogP contribution in [0.1, 0.15) is 17.5 Å². The van der Waals surface area contributed by atoms with Gasteiger partial charge in [-0.15, -0.1) is 0 Å². The summed E-state index contributed by atoms with van der Waals surface area (Å²) >= 11 is 1.75. The van der Waals surface area contributed by atoms with Crippen molar-refractivity contribution >= 4 is 21.8 Å². The molecule has 0 aliphatic carbocycles. The second-order valence-corrected chi connectivity index (χ2v) is 10.1. The van der Waals surface area contributed by atoms with E-state index < -0.39 is 21.8 Å². The summed E-state index contributed by atoms with van der Waals surface area (Å²) in [5.41, 5.74) is -0.403. The molecule has 2 heterocycles. The normalized spacial score (nSPS) is 23.5. The molecule has 1 aromatic carbocycles. The lowest BCUT2D eigenvalue weighted by atomic mass is 10.1. The molecule has 1 atom stereocenters. The van der Waals surface area contributed by atoms with Crippen molar-refractivity contribution in [3.05, 3.63) is 35.4 Å². The first-order valence-corrected chi connectivity index (χ1v) is 12.1. The van der Waals surface area contributed by atoms with Crippen LogP contribution in [0.5, 0.6) is 0 Å². The van der Waals surface area contributed by atoms with Crippen LogP contribution in [-0.4, -0.2) is 74.6 Å². The standard InChI is InChI=1S/C18H25F3N2O3S2/c19-18(20,21)16-4-2-15(3-5-16)14-28(24,25)23-6-1-11-27-13-17(23)12-22-7-9-26-10-8-22/h2-5,17H,1,6-14H2. The zero-order chi connectivity index (χ0) is 20.2. The van der Waals surface area contributed by atoms with E-state index in [0.717, 1.165) is 43.1 Å². The van der Waals surface area contributed by atoms with E-state index in [4.69, 9.17) is 4.74 Å². The van der Waals surface area contributed by atoms with E-state index in [1.165, 1.54) is 12.1 Å². The highest BCUT2D eigenvalue weighted by molar-refractivity contribution is 7.99. The summed E-state index contributed by atoms with van der Waals surface area (Å²) in [4.78, 5) is 2.22. The predicted molar refractivity (Wildman–Crippen MR) is 104 cm³/mol. The van der Waals surface area contributed by atoms with Crippen molar-refractivity contribution in [2.75, 3.05) is 50.9 Å². The highest BCUT2D eigenvalue weighted by Gasteiger charge is 2.34. The molecule has 1 aromatic rings. The Bertz CT molecular complexity index is 735. The fourth-order valence-electron chi connectivity index (χ4n) is 3.48. The van der Waals surface area contributed by atoms with Crippen molar-refractivity contribution in [2.24, 2.45) is 0 Å². The number of alkyl halides is 3. The summed E-state index contributed by atoms with van der Waals surface area (Å²) in [6.45, 7) is 3.98. The molecule has 0 N–H and O–H groups in total. The summed E-state index contributed by atoms with van der Waals surface area (Å²) < 4.78 is 71.3. The third-order valence-electron chi connectivity index (χ3n) is 4.94. The van der Waals surface area contributed by atoms with E-state index >= 15 is 0 Å². The van der Waals surface area contributed by atoms with Crippen LogP contribution in [-0.2, 0) is 26.7 Å². The van der Waals surface area contributed by atoms with Crippen LogP contribution in [0.2, 0.25) is 0 Å². The smallest absolute Gasteiger partial charge is 0.379 e. The largest absolute Gasteiger partial charge is 0.416 e. The van der Waals surface area contributed by atoms with Crippen LogP contribution in [0.3, 0.4) is 0 Å². The summed E-state index contributed by atoms with van der Waals surface area (Å²) in [6, 6.07) is 4.25. The Kier molecular flexibility index (Phi) is 7.30. The third kappa shape index (κ3) is 5.85. The lowest BCUT2D eigenvalue weighted by Gasteiger charge is -2.35. The van der Waals surface area contributed by atoms with Crippen molar-refractivity contribution < 1.29 is 26.3 Å². The molecular weight excluding hydrogens is 413 g/mol. The highest BCUT2D eigenvalue weighted by Crippen LogP contribution is 2.30. The van der Waals surface area contributed by atoms with E-state index in [9.17, 15) is 21.6 Å². The molecule has 2 aliphatic rings. The first-order valence-electron chi connectivity index (χ1n) is 9.29. The van der Waals surface area contributed by atoms with Crippen LogP contribution in [0.25, 0.3) is 0 Å². The number of benzene rings is 1. The molecule has 1 unspecified atom stereocenters. The first-order chi connectivity index (χ1) is 13.3. The molecule has 10 heteroatoms. The van der Waals surface area contributed by atoms with E-state index in [2.05, 4.69) is 4.90 Å². The number of morpholine rings is 1. The fourth-order valence-corrected chi connectivity index (χ4v) is 6.42. The van der Waals surface area contributed by atoms with Gasteiger partial charge in [-0.1, -0.05) is 12.1 Å². The second kappa shape index (κ2) is 9.34. The van der Waals surface area contributed by atoms with E-state index in [1.54, 1.807) is 16.1 Å². The Hall–Kier alpha value is -0.810. The van der Waals surface area contributed by atoms with Crippen molar-refractivity contribution in [1.29, 1.82) is 0 Å². The molecule has 2 saturated heterocycles. The lowest BCUT2D eigenvalue weighted by Crippen LogP contribution is -2.50. The molecule has 0 aromatic heterocycles. The van der Waals surface area contributed by atoms with Crippen molar-refractivity contribution in [3.8, 4) is 0 Å². The van der Waals surface area contributed by atoms with Gasteiger partial charge in [-0.3, -0.25) is 4.90 Å². The van der Waals surface area contributed by atoms with Gasteiger partial charge in [0.15, 0.2) is 0 Å². The molecule has 28 heavy (non-hydrogen) atoms. The van der Waals surface area contributed by atoms with Gasteiger partial charge in [-0.25, -0.2) is 8.42 Å². The molecule has 0 saturated carbocycles. The molecule has 0 amide bonds. The van der Waals surface area contributed by atoms with Crippen LogP contribution in [0.15, 0.2) is 24.3 Å². The molecule has 2 aliphatic heterocycles. The third-order valence-corrected chi connectivity index (χ3v) is 8.04. The number of halogens is 3. The van der Waals surface area contributed by atoms with Crippen LogP contribution in [0, 0.1) is 0 Å². The fraction of sp³-hybridized carbons (Fsp3) is 0.667. The maximum Gasteiger partial charge on any atom is 0.416 e. The number of hydrogen-bond acceptors (Lipinski definition) is 5. The SMILES string of the molecule is O=S(=O)(Cc1ccc(C(F)(F)F)cc1)N1CCCSCC1CN1CCOCC1. The molecule has 5 nitrogen and oxygen atoms in total. The van der Waals surface area contributed by atoms with Gasteiger partial charge in [0.25, 0.3) is 0 Å². The van der Waals surface area contributed by atoms with Gasteiger partial charge < -0.3 is 4.74 Å². The zero-order valence-corrected chi connectivity index (χ0v) is 17.2. The van der Waals surface area contributed by atoms with E-state index in [-0.39, 0.29) is 11.8 Å². The molecule has 3 rings (SSSR count). The highest BCUT2D eigenvalue weighted by atomic mass is 32.2. The number of nitrogens with zero attached hydrogens (tertiary/aromatic N) is 2. The number of rotatable bonds is 5. The van der Waals surface area contributed by atoms with E-state index in [1.807, 2.05) is 0 Å². The Labute approximate surface area is 168 Å². The number of thioether (sulfide) groups is 1. The first kappa shape index (κ1) is 21.9. The summed E-state index contributed by atoms with van der Waals surface area (Å²) in [7, 11) is -3.63. The average molecular weight is 439 g/mol. The topological polar surface area (TPSA) is 49.9 Å². The number of sulfonamides is 1. The van der Waals surface area contributed by atoms with Gasteiger partial charge in [0.1, 0.15) is 0 Å². The van der Waals surface area contributed by atoms with Crippen LogP contribution < -0.4 is 0 Å². The minimum absolute atomic E-state index is 0.134.